The van der Waals surface area contributed by atoms with Crippen molar-refractivity contribution in [2.24, 2.45) is 0 Å². The predicted octanol–water partition coefficient (Wildman–Crippen LogP) is 0.479. The lowest BCUT2D eigenvalue weighted by molar-refractivity contribution is -0.144. The predicted molar refractivity (Wildman–Crippen MR) is 68.2 cm³/mol. The van der Waals surface area contributed by atoms with Crippen LogP contribution in [0.5, 0.6) is 0 Å². The van der Waals surface area contributed by atoms with E-state index in [1.165, 1.54) is 26.5 Å². The largest absolute Gasteiger partial charge is 0.469 e. The number of nitrogens with zero attached hydrogens (tertiary/aromatic N) is 1. The van der Waals surface area contributed by atoms with Gasteiger partial charge in [0, 0.05) is 11.8 Å². The Labute approximate surface area is 120 Å². The number of methoxy groups -OCH3 is 2. The third-order valence-corrected chi connectivity index (χ3v) is 2.88. The minimum absolute atomic E-state index is 0.0454. The molecule has 2 unspecified atom stereocenters. The molecule has 1 aromatic heterocycles. The van der Waals surface area contributed by atoms with E-state index in [-0.39, 0.29) is 16.3 Å². The van der Waals surface area contributed by atoms with Crippen molar-refractivity contribution in [2.75, 3.05) is 14.2 Å². The zero-order valence-corrected chi connectivity index (χ0v) is 11.6. The lowest BCUT2D eigenvalue weighted by Gasteiger charge is -2.17. The fourth-order valence-electron chi connectivity index (χ4n) is 1.47. The van der Waals surface area contributed by atoms with Crippen LogP contribution in [0.2, 0.25) is 5.15 Å². The van der Waals surface area contributed by atoms with Crippen LogP contribution >= 0.6 is 11.6 Å². The molecule has 0 radical (unpaired) electrons. The number of halogens is 1. The Kier molecular flexibility index (Phi) is 5.87. The third kappa shape index (κ3) is 3.89. The number of carbonyl (C=O) groups is 2. The average Bonchev–Trinajstić information content (AvgIpc) is 2.45. The van der Waals surface area contributed by atoms with Gasteiger partial charge in [-0.1, -0.05) is 11.6 Å². The van der Waals surface area contributed by atoms with Crippen LogP contribution in [0.1, 0.15) is 28.4 Å². The molecule has 0 aliphatic rings. The Morgan fingerprint density at radius 1 is 1.35 bits per heavy atom. The summed E-state index contributed by atoms with van der Waals surface area (Å²) >= 11 is 5.73. The van der Waals surface area contributed by atoms with Crippen LogP contribution in [-0.2, 0) is 14.3 Å². The molecule has 0 saturated carbocycles. The zero-order valence-electron chi connectivity index (χ0n) is 10.9. The summed E-state index contributed by atoms with van der Waals surface area (Å²) in [4.78, 5) is 26.2. The molecule has 1 aromatic rings. The molecule has 1 rings (SSSR count). The van der Waals surface area contributed by atoms with E-state index in [0.717, 1.165) is 0 Å². The lowest BCUT2D eigenvalue weighted by atomic mass is 10.0. The minimum atomic E-state index is -1.41. The second-order valence-electron chi connectivity index (χ2n) is 3.89. The number of aromatic nitrogens is 1. The maximum absolute atomic E-state index is 11.4. The van der Waals surface area contributed by atoms with Gasteiger partial charge in [0.15, 0.2) is 0 Å². The highest BCUT2D eigenvalue weighted by atomic mass is 35.5. The van der Waals surface area contributed by atoms with Crippen molar-refractivity contribution in [3.05, 3.63) is 28.5 Å². The molecule has 0 aromatic carbocycles. The van der Waals surface area contributed by atoms with E-state index in [2.05, 4.69) is 14.5 Å². The molecule has 1 heterocycles. The van der Waals surface area contributed by atoms with Gasteiger partial charge >= 0.3 is 11.9 Å². The first-order valence-corrected chi connectivity index (χ1v) is 5.95. The zero-order chi connectivity index (χ0) is 15.3. The van der Waals surface area contributed by atoms with Crippen molar-refractivity contribution < 1.29 is 29.3 Å². The van der Waals surface area contributed by atoms with Gasteiger partial charge in [-0.05, 0) is 6.07 Å². The first-order chi connectivity index (χ1) is 9.40. The van der Waals surface area contributed by atoms with Gasteiger partial charge in [-0.2, -0.15) is 0 Å². The number of esters is 2. The van der Waals surface area contributed by atoms with Crippen molar-refractivity contribution in [2.45, 2.75) is 18.6 Å². The molecule has 20 heavy (non-hydrogen) atoms. The maximum atomic E-state index is 11.4. The fraction of sp³-hybridized carbons (Fsp3) is 0.417. The summed E-state index contributed by atoms with van der Waals surface area (Å²) in [5.41, 5.74) is 0.0854. The van der Waals surface area contributed by atoms with Gasteiger partial charge in [-0.25, -0.2) is 9.78 Å². The van der Waals surface area contributed by atoms with Crippen LogP contribution in [-0.4, -0.2) is 47.5 Å². The molecular weight excluding hydrogens is 290 g/mol. The van der Waals surface area contributed by atoms with E-state index >= 15 is 0 Å². The van der Waals surface area contributed by atoms with Crippen LogP contribution < -0.4 is 0 Å². The molecule has 7 nitrogen and oxygen atoms in total. The lowest BCUT2D eigenvalue weighted by Crippen LogP contribution is -2.23. The van der Waals surface area contributed by atoms with Crippen LogP contribution in [0.4, 0.5) is 0 Å². The van der Waals surface area contributed by atoms with E-state index in [4.69, 9.17) is 11.6 Å². The van der Waals surface area contributed by atoms with Crippen LogP contribution in [0, 0.1) is 0 Å². The van der Waals surface area contributed by atoms with Gasteiger partial charge in [-0.3, -0.25) is 4.79 Å². The smallest absolute Gasteiger partial charge is 0.341 e. The van der Waals surface area contributed by atoms with Gasteiger partial charge in [0.1, 0.15) is 11.3 Å². The molecular formula is C12H14ClNO6. The highest BCUT2D eigenvalue weighted by Gasteiger charge is 2.24. The number of rotatable bonds is 5. The van der Waals surface area contributed by atoms with Crippen molar-refractivity contribution in [1.82, 2.24) is 4.98 Å². The van der Waals surface area contributed by atoms with Crippen molar-refractivity contribution >= 4 is 23.5 Å². The van der Waals surface area contributed by atoms with E-state index < -0.39 is 30.6 Å². The van der Waals surface area contributed by atoms with Crippen molar-refractivity contribution in [1.29, 1.82) is 0 Å². The molecule has 0 aliphatic heterocycles. The number of aliphatic hydroxyl groups excluding tert-OH is 2. The summed E-state index contributed by atoms with van der Waals surface area (Å²) in [6, 6.07) is 1.24. The third-order valence-electron chi connectivity index (χ3n) is 2.57. The summed E-state index contributed by atoms with van der Waals surface area (Å²) in [6.45, 7) is 0. The Morgan fingerprint density at radius 3 is 2.55 bits per heavy atom. The topological polar surface area (TPSA) is 106 Å². The highest BCUT2D eigenvalue weighted by Crippen LogP contribution is 2.23. The number of carbonyl (C=O) groups excluding carboxylic acids is 2. The molecule has 2 N–H and O–H groups in total. The van der Waals surface area contributed by atoms with E-state index in [9.17, 15) is 19.8 Å². The summed E-state index contributed by atoms with van der Waals surface area (Å²) in [5, 5.41) is 19.5. The molecule has 110 valence electrons. The Balaban J connectivity index is 2.96. The van der Waals surface area contributed by atoms with Gasteiger partial charge in [-0.15, -0.1) is 0 Å². The molecule has 0 aliphatic carbocycles. The van der Waals surface area contributed by atoms with Crippen LogP contribution in [0.15, 0.2) is 12.3 Å². The Morgan fingerprint density at radius 2 is 2.00 bits per heavy atom. The molecule has 8 heteroatoms. The molecule has 0 spiro atoms. The summed E-state index contributed by atoms with van der Waals surface area (Å²) in [5.74, 6) is -1.40. The number of hydrogen-bond donors (Lipinski definition) is 2. The summed E-state index contributed by atoms with van der Waals surface area (Å²) in [6.07, 6.45) is -2.01. The SMILES string of the molecule is COC(=O)CC(O)C(O)c1cnc(Cl)c(C(=O)OC)c1. The summed E-state index contributed by atoms with van der Waals surface area (Å²) in [7, 11) is 2.34. The molecule has 0 fully saturated rings. The summed E-state index contributed by atoms with van der Waals surface area (Å²) < 4.78 is 8.90. The van der Waals surface area contributed by atoms with Gasteiger partial charge in [0.2, 0.25) is 0 Å². The normalized spacial score (nSPS) is 13.4. The fourth-order valence-corrected chi connectivity index (χ4v) is 1.65. The number of pyridine rings is 1. The van der Waals surface area contributed by atoms with Crippen LogP contribution in [0.25, 0.3) is 0 Å². The first kappa shape index (κ1) is 16.4. The molecule has 0 bridgehead atoms. The Bertz CT molecular complexity index is 507. The monoisotopic (exact) mass is 303 g/mol. The number of aliphatic hydroxyl groups is 2. The van der Waals surface area contributed by atoms with Gasteiger partial charge in [0.05, 0.1) is 32.3 Å². The second kappa shape index (κ2) is 7.18. The molecule has 0 amide bonds. The van der Waals surface area contributed by atoms with Gasteiger partial charge < -0.3 is 19.7 Å². The van der Waals surface area contributed by atoms with Crippen molar-refractivity contribution in [3.8, 4) is 0 Å². The maximum Gasteiger partial charge on any atom is 0.341 e. The number of hydrogen-bond acceptors (Lipinski definition) is 7. The standard InChI is InChI=1S/C12H14ClNO6/c1-19-9(16)4-8(15)10(17)6-3-7(12(18)20-2)11(13)14-5-6/h3,5,8,10,15,17H,4H2,1-2H3. The highest BCUT2D eigenvalue weighted by molar-refractivity contribution is 6.32. The van der Waals surface area contributed by atoms with E-state index in [1.54, 1.807) is 0 Å². The minimum Gasteiger partial charge on any atom is -0.469 e. The Hall–Kier alpha value is -1.70. The van der Waals surface area contributed by atoms with E-state index in [0.29, 0.717) is 0 Å². The average molecular weight is 304 g/mol. The second-order valence-corrected chi connectivity index (χ2v) is 4.25. The first-order valence-electron chi connectivity index (χ1n) is 5.57. The number of ether oxygens (including phenoxy) is 2. The van der Waals surface area contributed by atoms with Gasteiger partial charge in [0.25, 0.3) is 0 Å². The van der Waals surface area contributed by atoms with Crippen LogP contribution in [0.3, 0.4) is 0 Å². The van der Waals surface area contributed by atoms with Crippen molar-refractivity contribution in [3.63, 3.8) is 0 Å². The molecule has 2 atom stereocenters. The quantitative estimate of drug-likeness (QED) is 0.602. The van der Waals surface area contributed by atoms with E-state index in [1.807, 2.05) is 0 Å². The molecule has 0 saturated heterocycles.